The van der Waals surface area contributed by atoms with Crippen LogP contribution in [0, 0.1) is 0 Å². The second-order valence-electron chi connectivity index (χ2n) is 8.99. The molecular weight excluding hydrogens is 420 g/mol. The monoisotopic (exact) mass is 462 g/mol. The van der Waals surface area contributed by atoms with Crippen molar-refractivity contribution < 1.29 is 14.3 Å². The maximum absolute atomic E-state index is 12.7. The molecule has 1 aliphatic heterocycles. The molecule has 3 N–H and O–H groups in total. The van der Waals surface area contributed by atoms with Gasteiger partial charge in [0.2, 0.25) is 0 Å². The summed E-state index contributed by atoms with van der Waals surface area (Å²) in [4.78, 5) is 31.4. The van der Waals surface area contributed by atoms with E-state index in [1.807, 2.05) is 39.0 Å². The minimum Gasteiger partial charge on any atom is -0.383 e. The quantitative estimate of drug-likeness (QED) is 0.498. The second kappa shape index (κ2) is 13.3. The Hall–Kier alpha value is -2.52. The lowest BCUT2D eigenvalue weighted by molar-refractivity contribution is 0.147. The largest absolute Gasteiger partial charge is 0.383 e. The Balaban J connectivity index is 2.32. The summed E-state index contributed by atoms with van der Waals surface area (Å²) in [6.07, 6.45) is 2.18. The number of hydrogen-bond acceptors (Lipinski definition) is 5. The van der Waals surface area contributed by atoms with E-state index in [0.29, 0.717) is 38.0 Å². The third kappa shape index (κ3) is 8.40. The SMILES string of the molecule is CCNC(=O)N(CCOC)Cc1cc(NC(=O)NC(C)C)ccc1N(C)C1CCN(C)CC1. The first-order valence-electron chi connectivity index (χ1n) is 11.9. The van der Waals surface area contributed by atoms with Crippen molar-refractivity contribution in [2.75, 3.05) is 64.2 Å². The van der Waals surface area contributed by atoms with E-state index in [1.165, 1.54) is 0 Å². The van der Waals surface area contributed by atoms with Gasteiger partial charge < -0.3 is 35.4 Å². The summed E-state index contributed by atoms with van der Waals surface area (Å²) < 4.78 is 5.23. The Morgan fingerprint density at radius 1 is 1.24 bits per heavy atom. The summed E-state index contributed by atoms with van der Waals surface area (Å²) in [5, 5.41) is 8.66. The Morgan fingerprint density at radius 3 is 2.55 bits per heavy atom. The Kier molecular flexibility index (Phi) is 10.7. The minimum atomic E-state index is -0.243. The number of rotatable bonds is 10. The zero-order chi connectivity index (χ0) is 24.4. The molecule has 0 radical (unpaired) electrons. The van der Waals surface area contributed by atoms with Crippen molar-refractivity contribution in [1.29, 1.82) is 0 Å². The highest BCUT2D eigenvalue weighted by molar-refractivity contribution is 5.90. The second-order valence-corrected chi connectivity index (χ2v) is 8.99. The third-order valence-corrected chi connectivity index (χ3v) is 5.91. The standard InChI is InChI=1S/C24H42N6O3/c1-7-25-24(32)30(14-15-33-6)17-19-16-20(27-23(31)26-18(2)3)8-9-22(19)29(5)21-10-12-28(4)13-11-21/h8-9,16,18,21H,7,10-15,17H2,1-6H3,(H,25,32)(H2,26,27,31). The van der Waals surface area contributed by atoms with Crippen LogP contribution in [0.1, 0.15) is 39.2 Å². The first-order valence-corrected chi connectivity index (χ1v) is 11.9. The van der Waals surface area contributed by atoms with Gasteiger partial charge in [-0.3, -0.25) is 0 Å². The lowest BCUT2D eigenvalue weighted by atomic mass is 10.0. The van der Waals surface area contributed by atoms with Crippen LogP contribution in [0.15, 0.2) is 18.2 Å². The van der Waals surface area contributed by atoms with Gasteiger partial charge in [0.15, 0.2) is 0 Å². The number of carbonyl (C=O) groups is 2. The molecule has 9 heteroatoms. The Bertz CT molecular complexity index is 765. The fourth-order valence-electron chi connectivity index (χ4n) is 4.06. The van der Waals surface area contributed by atoms with Crippen LogP contribution in [0.5, 0.6) is 0 Å². The molecule has 1 aromatic rings. The molecular formula is C24H42N6O3. The molecule has 186 valence electrons. The van der Waals surface area contributed by atoms with E-state index in [0.717, 1.165) is 37.2 Å². The Morgan fingerprint density at radius 2 is 1.94 bits per heavy atom. The first kappa shape index (κ1) is 26.7. The first-order chi connectivity index (χ1) is 15.7. The number of nitrogens with one attached hydrogen (secondary N) is 3. The van der Waals surface area contributed by atoms with Gasteiger partial charge in [0.25, 0.3) is 0 Å². The number of ether oxygens (including phenoxy) is 1. The van der Waals surface area contributed by atoms with Gasteiger partial charge in [-0.2, -0.15) is 0 Å². The molecule has 1 heterocycles. The number of anilines is 2. The number of amides is 4. The van der Waals surface area contributed by atoms with Crippen molar-refractivity contribution in [2.24, 2.45) is 0 Å². The van der Waals surface area contributed by atoms with E-state index in [4.69, 9.17) is 4.74 Å². The summed E-state index contributed by atoms with van der Waals surface area (Å²) in [6.45, 7) is 9.79. The number of likely N-dealkylation sites (tertiary alicyclic amines) is 1. The molecule has 0 aromatic heterocycles. The van der Waals surface area contributed by atoms with Gasteiger partial charge in [-0.05, 0) is 77.5 Å². The van der Waals surface area contributed by atoms with E-state index < -0.39 is 0 Å². The van der Waals surface area contributed by atoms with Gasteiger partial charge in [-0.15, -0.1) is 0 Å². The van der Waals surface area contributed by atoms with Crippen LogP contribution in [-0.4, -0.2) is 87.9 Å². The highest BCUT2D eigenvalue weighted by atomic mass is 16.5. The molecule has 1 saturated heterocycles. The number of methoxy groups -OCH3 is 1. The van der Waals surface area contributed by atoms with E-state index in [9.17, 15) is 9.59 Å². The molecule has 2 rings (SSSR count). The fraction of sp³-hybridized carbons (Fsp3) is 0.667. The normalized spacial score (nSPS) is 14.8. The molecule has 0 bridgehead atoms. The van der Waals surface area contributed by atoms with Crippen LogP contribution in [0.2, 0.25) is 0 Å². The molecule has 0 unspecified atom stereocenters. The van der Waals surface area contributed by atoms with Crippen molar-refractivity contribution >= 4 is 23.4 Å². The maximum atomic E-state index is 12.7. The average Bonchev–Trinajstić information content (AvgIpc) is 2.76. The zero-order valence-corrected chi connectivity index (χ0v) is 21.1. The number of urea groups is 2. The predicted molar refractivity (Wildman–Crippen MR) is 134 cm³/mol. The molecule has 33 heavy (non-hydrogen) atoms. The molecule has 1 aromatic carbocycles. The smallest absolute Gasteiger partial charge is 0.319 e. The summed E-state index contributed by atoms with van der Waals surface area (Å²) >= 11 is 0. The number of benzene rings is 1. The van der Waals surface area contributed by atoms with Gasteiger partial charge in [0.05, 0.1) is 6.61 Å². The summed E-state index contributed by atoms with van der Waals surface area (Å²) in [6, 6.07) is 6.05. The van der Waals surface area contributed by atoms with Crippen LogP contribution in [0.3, 0.4) is 0 Å². The van der Waals surface area contributed by atoms with Crippen LogP contribution >= 0.6 is 0 Å². The van der Waals surface area contributed by atoms with E-state index in [2.05, 4.69) is 39.8 Å². The molecule has 9 nitrogen and oxygen atoms in total. The van der Waals surface area contributed by atoms with Gasteiger partial charge in [-0.1, -0.05) is 0 Å². The fourth-order valence-corrected chi connectivity index (χ4v) is 4.06. The predicted octanol–water partition coefficient (Wildman–Crippen LogP) is 2.92. The highest BCUT2D eigenvalue weighted by Gasteiger charge is 2.24. The third-order valence-electron chi connectivity index (χ3n) is 5.91. The summed E-state index contributed by atoms with van der Waals surface area (Å²) in [5.74, 6) is 0. The van der Waals surface area contributed by atoms with Crippen molar-refractivity contribution in [2.45, 2.75) is 52.2 Å². The van der Waals surface area contributed by atoms with Crippen LogP contribution in [-0.2, 0) is 11.3 Å². The minimum absolute atomic E-state index is 0.0431. The van der Waals surface area contributed by atoms with Crippen molar-refractivity contribution in [3.8, 4) is 0 Å². The average molecular weight is 463 g/mol. The zero-order valence-electron chi connectivity index (χ0n) is 21.1. The molecule has 0 saturated carbocycles. The van der Waals surface area contributed by atoms with Crippen LogP contribution in [0.25, 0.3) is 0 Å². The van der Waals surface area contributed by atoms with Crippen molar-refractivity contribution in [3.63, 3.8) is 0 Å². The van der Waals surface area contributed by atoms with Gasteiger partial charge in [0, 0.05) is 57.3 Å². The number of piperidine rings is 1. The molecule has 0 aliphatic carbocycles. The van der Waals surface area contributed by atoms with Crippen LogP contribution < -0.4 is 20.9 Å². The molecule has 1 aliphatic rings. The van der Waals surface area contributed by atoms with Crippen LogP contribution in [0.4, 0.5) is 21.0 Å². The topological polar surface area (TPSA) is 89.2 Å². The van der Waals surface area contributed by atoms with E-state index in [-0.39, 0.29) is 18.1 Å². The molecule has 4 amide bonds. The number of hydrogen-bond donors (Lipinski definition) is 3. The lowest BCUT2D eigenvalue weighted by Crippen LogP contribution is -2.43. The molecule has 0 spiro atoms. The van der Waals surface area contributed by atoms with Crippen molar-refractivity contribution in [1.82, 2.24) is 20.4 Å². The molecule has 1 fully saturated rings. The maximum Gasteiger partial charge on any atom is 0.319 e. The van der Waals surface area contributed by atoms with E-state index >= 15 is 0 Å². The molecule has 0 atom stereocenters. The lowest BCUT2D eigenvalue weighted by Gasteiger charge is -2.38. The number of carbonyl (C=O) groups excluding carboxylic acids is 2. The van der Waals surface area contributed by atoms with Gasteiger partial charge >= 0.3 is 12.1 Å². The van der Waals surface area contributed by atoms with Gasteiger partial charge in [0.1, 0.15) is 0 Å². The summed E-state index contributed by atoms with van der Waals surface area (Å²) in [7, 11) is 5.91. The highest BCUT2D eigenvalue weighted by Crippen LogP contribution is 2.29. The van der Waals surface area contributed by atoms with Gasteiger partial charge in [-0.25, -0.2) is 9.59 Å². The summed E-state index contributed by atoms with van der Waals surface area (Å²) in [5.41, 5.74) is 2.76. The Labute approximate surface area is 198 Å². The number of nitrogens with zero attached hydrogens (tertiary/aromatic N) is 3. The van der Waals surface area contributed by atoms with E-state index in [1.54, 1.807) is 12.0 Å². The van der Waals surface area contributed by atoms with Crippen molar-refractivity contribution in [3.05, 3.63) is 23.8 Å².